The normalized spacial score (nSPS) is 14.4. The number of nitrogens with one attached hydrogen (secondary N) is 1. The number of carbonyl (C=O) groups is 2. The van der Waals surface area contributed by atoms with Crippen molar-refractivity contribution in [2.24, 2.45) is 5.41 Å². The van der Waals surface area contributed by atoms with Crippen molar-refractivity contribution in [2.45, 2.75) is 53.0 Å². The molecule has 4 nitrogen and oxygen atoms in total. The van der Waals surface area contributed by atoms with Crippen molar-refractivity contribution in [3.63, 3.8) is 0 Å². The van der Waals surface area contributed by atoms with Crippen LogP contribution in [0.5, 0.6) is 0 Å². The van der Waals surface area contributed by atoms with Crippen LogP contribution in [0.25, 0.3) is 0 Å². The van der Waals surface area contributed by atoms with E-state index in [4.69, 9.17) is 0 Å². The number of hydrogen-bond donors (Lipinski definition) is 1. The summed E-state index contributed by atoms with van der Waals surface area (Å²) in [5, 5.41) is 3.12. The molecular formula is C24H29FN2O2. The molecule has 0 bridgehead atoms. The summed E-state index contributed by atoms with van der Waals surface area (Å²) >= 11 is 0. The third-order valence-electron chi connectivity index (χ3n) is 5.23. The first-order valence-corrected chi connectivity index (χ1v) is 10.2. The molecule has 1 unspecified atom stereocenters. The van der Waals surface area contributed by atoms with E-state index < -0.39 is 0 Å². The molecule has 0 radical (unpaired) electrons. The number of nitrogens with zero attached hydrogens (tertiary/aromatic N) is 1. The van der Waals surface area contributed by atoms with E-state index in [1.165, 1.54) is 12.1 Å². The lowest BCUT2D eigenvalue weighted by Gasteiger charge is -2.27. The molecule has 0 aliphatic carbocycles. The predicted molar refractivity (Wildman–Crippen MR) is 113 cm³/mol. The Labute approximate surface area is 172 Å². The standard InChI is InChI=1S/C24H29FN2O2/c1-5-22(28)27-13-12-17-14-18(8-11-21(17)27)23(29)26-20(15-24(2,3)4)16-6-9-19(25)10-7-16/h6-11,14,20H,5,12-13,15H2,1-4H3,(H,26,29). The number of rotatable bonds is 5. The van der Waals surface area contributed by atoms with E-state index in [1.54, 1.807) is 23.1 Å². The van der Waals surface area contributed by atoms with Crippen molar-refractivity contribution in [1.29, 1.82) is 0 Å². The van der Waals surface area contributed by atoms with Crippen LogP contribution < -0.4 is 10.2 Å². The summed E-state index contributed by atoms with van der Waals surface area (Å²) in [7, 11) is 0. The fraction of sp³-hybridized carbons (Fsp3) is 0.417. The Morgan fingerprint density at radius 3 is 2.45 bits per heavy atom. The number of benzene rings is 2. The topological polar surface area (TPSA) is 49.4 Å². The molecule has 1 aliphatic rings. The maximum Gasteiger partial charge on any atom is 0.251 e. The summed E-state index contributed by atoms with van der Waals surface area (Å²) in [6, 6.07) is 11.6. The number of hydrogen-bond acceptors (Lipinski definition) is 2. The smallest absolute Gasteiger partial charge is 0.251 e. The van der Waals surface area contributed by atoms with Gasteiger partial charge in [0.1, 0.15) is 5.82 Å². The highest BCUT2D eigenvalue weighted by Crippen LogP contribution is 2.32. The van der Waals surface area contributed by atoms with Crippen LogP contribution in [0.4, 0.5) is 10.1 Å². The van der Waals surface area contributed by atoms with E-state index >= 15 is 0 Å². The number of fused-ring (bicyclic) bond motifs is 1. The van der Waals surface area contributed by atoms with Crippen molar-refractivity contribution in [1.82, 2.24) is 5.32 Å². The summed E-state index contributed by atoms with van der Waals surface area (Å²) in [5.41, 5.74) is 3.38. The molecule has 0 saturated carbocycles. The minimum Gasteiger partial charge on any atom is -0.345 e. The van der Waals surface area contributed by atoms with Crippen molar-refractivity contribution >= 4 is 17.5 Å². The Hall–Kier alpha value is -2.69. The number of amides is 2. The summed E-state index contributed by atoms with van der Waals surface area (Å²) in [6.07, 6.45) is 1.95. The van der Waals surface area contributed by atoms with Crippen LogP contribution in [0, 0.1) is 11.2 Å². The van der Waals surface area contributed by atoms with Crippen molar-refractivity contribution in [2.75, 3.05) is 11.4 Å². The van der Waals surface area contributed by atoms with Gasteiger partial charge >= 0.3 is 0 Å². The van der Waals surface area contributed by atoms with Crippen molar-refractivity contribution in [3.05, 3.63) is 65.0 Å². The van der Waals surface area contributed by atoms with E-state index in [0.29, 0.717) is 18.5 Å². The fourth-order valence-corrected chi connectivity index (χ4v) is 3.79. The van der Waals surface area contributed by atoms with Gasteiger partial charge in [-0.25, -0.2) is 4.39 Å². The molecule has 2 amide bonds. The molecule has 0 aromatic heterocycles. The average molecular weight is 397 g/mol. The maximum atomic E-state index is 13.3. The van der Waals surface area contributed by atoms with E-state index in [9.17, 15) is 14.0 Å². The molecule has 0 saturated heterocycles. The highest BCUT2D eigenvalue weighted by atomic mass is 19.1. The maximum absolute atomic E-state index is 13.3. The molecule has 1 atom stereocenters. The second kappa shape index (κ2) is 8.36. The molecule has 154 valence electrons. The molecule has 29 heavy (non-hydrogen) atoms. The zero-order chi connectivity index (χ0) is 21.2. The quantitative estimate of drug-likeness (QED) is 0.770. The highest BCUT2D eigenvalue weighted by Gasteiger charge is 2.26. The first-order chi connectivity index (χ1) is 13.7. The summed E-state index contributed by atoms with van der Waals surface area (Å²) in [4.78, 5) is 26.9. The lowest BCUT2D eigenvalue weighted by Crippen LogP contribution is -2.31. The molecule has 0 fully saturated rings. The monoisotopic (exact) mass is 396 g/mol. The van der Waals surface area contributed by atoms with Gasteiger partial charge in [0.15, 0.2) is 0 Å². The molecule has 1 heterocycles. The van der Waals surface area contributed by atoms with E-state index in [2.05, 4.69) is 26.1 Å². The van der Waals surface area contributed by atoms with E-state index in [0.717, 1.165) is 29.7 Å². The Kier molecular flexibility index (Phi) is 6.06. The van der Waals surface area contributed by atoms with Gasteiger partial charge in [0, 0.05) is 24.2 Å². The average Bonchev–Trinajstić information content (AvgIpc) is 3.09. The summed E-state index contributed by atoms with van der Waals surface area (Å²) < 4.78 is 13.3. The first kappa shape index (κ1) is 21.0. The summed E-state index contributed by atoms with van der Waals surface area (Å²) in [5.74, 6) is -0.353. The lowest BCUT2D eigenvalue weighted by atomic mass is 9.85. The zero-order valence-electron chi connectivity index (χ0n) is 17.6. The van der Waals surface area contributed by atoms with Gasteiger partial charge in [-0.15, -0.1) is 0 Å². The van der Waals surface area contributed by atoms with Crippen LogP contribution in [-0.2, 0) is 11.2 Å². The molecule has 1 N–H and O–H groups in total. The second-order valence-corrected chi connectivity index (χ2v) is 8.83. The third kappa shape index (κ3) is 5.03. The lowest BCUT2D eigenvalue weighted by molar-refractivity contribution is -0.118. The predicted octanol–water partition coefficient (Wildman–Crippen LogP) is 5.03. The van der Waals surface area contributed by atoms with Crippen LogP contribution in [0.15, 0.2) is 42.5 Å². The van der Waals surface area contributed by atoms with Gasteiger partial charge in [0.05, 0.1) is 6.04 Å². The molecule has 0 spiro atoms. The fourth-order valence-electron chi connectivity index (χ4n) is 3.79. The Bertz CT molecular complexity index is 900. The second-order valence-electron chi connectivity index (χ2n) is 8.83. The van der Waals surface area contributed by atoms with Crippen LogP contribution in [0.3, 0.4) is 0 Å². The van der Waals surface area contributed by atoms with E-state index in [1.807, 2.05) is 19.1 Å². The van der Waals surface area contributed by atoms with Gasteiger partial charge in [-0.05, 0) is 59.7 Å². The Morgan fingerprint density at radius 2 is 1.83 bits per heavy atom. The van der Waals surface area contributed by atoms with Crippen LogP contribution in [0.2, 0.25) is 0 Å². The van der Waals surface area contributed by atoms with Gasteiger partial charge in [0.2, 0.25) is 5.91 Å². The Morgan fingerprint density at radius 1 is 1.14 bits per heavy atom. The molecule has 2 aromatic rings. The molecule has 5 heteroatoms. The first-order valence-electron chi connectivity index (χ1n) is 10.2. The van der Waals surface area contributed by atoms with Gasteiger partial charge in [-0.1, -0.05) is 39.8 Å². The largest absolute Gasteiger partial charge is 0.345 e. The number of carbonyl (C=O) groups excluding carboxylic acids is 2. The van der Waals surface area contributed by atoms with E-state index in [-0.39, 0.29) is 29.1 Å². The molecular weight excluding hydrogens is 367 g/mol. The van der Waals surface area contributed by atoms with Crippen LogP contribution in [0.1, 0.15) is 68.1 Å². The van der Waals surface area contributed by atoms with Gasteiger partial charge in [0.25, 0.3) is 5.91 Å². The number of anilines is 1. The van der Waals surface area contributed by atoms with Crippen molar-refractivity contribution in [3.8, 4) is 0 Å². The van der Waals surface area contributed by atoms with Gasteiger partial charge in [-0.2, -0.15) is 0 Å². The highest BCUT2D eigenvalue weighted by molar-refractivity contribution is 5.98. The van der Waals surface area contributed by atoms with Crippen LogP contribution in [-0.4, -0.2) is 18.4 Å². The van der Waals surface area contributed by atoms with Crippen LogP contribution >= 0.6 is 0 Å². The van der Waals surface area contributed by atoms with Crippen molar-refractivity contribution < 1.29 is 14.0 Å². The zero-order valence-corrected chi connectivity index (χ0v) is 17.6. The number of halogens is 1. The molecule has 2 aromatic carbocycles. The summed E-state index contributed by atoms with van der Waals surface area (Å²) in [6.45, 7) is 8.86. The molecule has 1 aliphatic heterocycles. The Balaban J connectivity index is 1.81. The minimum atomic E-state index is -0.292. The van der Waals surface area contributed by atoms with Gasteiger partial charge in [-0.3, -0.25) is 9.59 Å². The van der Waals surface area contributed by atoms with Gasteiger partial charge < -0.3 is 10.2 Å². The molecule has 3 rings (SSSR count). The minimum absolute atomic E-state index is 0.00865. The SMILES string of the molecule is CCC(=O)N1CCc2cc(C(=O)NC(CC(C)(C)C)c3ccc(F)cc3)ccc21. The third-order valence-corrected chi connectivity index (χ3v) is 5.23.